The smallest absolute Gasteiger partial charge is 0.260 e. The summed E-state index contributed by atoms with van der Waals surface area (Å²) in [6.45, 7) is 0. The first-order chi connectivity index (χ1) is 14.7. The van der Waals surface area contributed by atoms with E-state index in [0.29, 0.717) is 21.5 Å². The van der Waals surface area contributed by atoms with E-state index in [1.807, 2.05) is 30.3 Å². The first-order valence-electron chi connectivity index (χ1n) is 8.87. The van der Waals surface area contributed by atoms with E-state index in [0.717, 1.165) is 14.8 Å². The molecule has 9 heteroatoms. The zero-order valence-electron chi connectivity index (χ0n) is 15.5. The number of amides is 1. The third kappa shape index (κ3) is 5.44. The lowest BCUT2D eigenvalue weighted by Gasteiger charge is -2.07. The van der Waals surface area contributed by atoms with E-state index in [1.54, 1.807) is 30.5 Å². The minimum Gasteiger partial charge on any atom is -0.296 e. The zero-order valence-corrected chi connectivity index (χ0v) is 17.9. The largest absolute Gasteiger partial charge is 0.296 e. The standard InChI is InChI=1S/C21H15FN4OS3/c22-15-10-8-14(9-11-15)13-28-21-26-25-20(30-21)24-18(27)17-7-4-12-23-19(17)29-16-5-2-1-3-6-16/h1-12H,13H2,(H,24,25,27). The van der Waals surface area contributed by atoms with Crippen molar-refractivity contribution in [3.05, 3.63) is 89.9 Å². The molecule has 0 aliphatic carbocycles. The van der Waals surface area contributed by atoms with Gasteiger partial charge in [0.2, 0.25) is 5.13 Å². The van der Waals surface area contributed by atoms with Crippen LogP contribution in [-0.4, -0.2) is 21.1 Å². The second kappa shape index (κ2) is 9.84. The summed E-state index contributed by atoms with van der Waals surface area (Å²) in [7, 11) is 0. The molecule has 2 aromatic carbocycles. The molecule has 0 saturated heterocycles. The molecular formula is C21H15FN4OS3. The van der Waals surface area contributed by atoms with Crippen molar-refractivity contribution < 1.29 is 9.18 Å². The fourth-order valence-corrected chi connectivity index (χ4v) is 5.06. The van der Waals surface area contributed by atoms with Crippen molar-refractivity contribution in [1.29, 1.82) is 0 Å². The molecule has 0 saturated carbocycles. The number of halogens is 1. The highest BCUT2D eigenvalue weighted by Gasteiger charge is 2.16. The maximum absolute atomic E-state index is 13.0. The van der Waals surface area contributed by atoms with Crippen LogP contribution >= 0.6 is 34.9 Å². The van der Waals surface area contributed by atoms with Crippen molar-refractivity contribution in [2.24, 2.45) is 0 Å². The Bertz CT molecular complexity index is 1140. The number of anilines is 1. The summed E-state index contributed by atoms with van der Waals surface area (Å²) in [6.07, 6.45) is 1.66. The molecule has 30 heavy (non-hydrogen) atoms. The second-order valence-corrected chi connectivity index (χ2v) is 9.28. The topological polar surface area (TPSA) is 67.8 Å². The van der Waals surface area contributed by atoms with Crippen LogP contribution in [0.4, 0.5) is 9.52 Å². The van der Waals surface area contributed by atoms with Gasteiger partial charge in [0.25, 0.3) is 5.91 Å². The fraction of sp³-hybridized carbons (Fsp3) is 0.0476. The molecule has 0 unspecified atom stereocenters. The third-order valence-electron chi connectivity index (χ3n) is 3.88. The number of rotatable bonds is 7. The SMILES string of the molecule is O=C(Nc1nnc(SCc2ccc(F)cc2)s1)c1cccnc1Sc1ccccc1. The predicted octanol–water partition coefficient (Wildman–Crippen LogP) is 5.77. The van der Waals surface area contributed by atoms with Gasteiger partial charge in [-0.1, -0.05) is 65.2 Å². The van der Waals surface area contributed by atoms with Crippen LogP contribution in [0.5, 0.6) is 0 Å². The highest BCUT2D eigenvalue weighted by Crippen LogP contribution is 2.31. The molecule has 0 spiro atoms. The van der Waals surface area contributed by atoms with E-state index in [9.17, 15) is 9.18 Å². The van der Waals surface area contributed by atoms with Gasteiger partial charge in [-0.3, -0.25) is 10.1 Å². The van der Waals surface area contributed by atoms with Gasteiger partial charge < -0.3 is 0 Å². The van der Waals surface area contributed by atoms with Crippen LogP contribution in [0.1, 0.15) is 15.9 Å². The first-order valence-corrected chi connectivity index (χ1v) is 11.5. The lowest BCUT2D eigenvalue weighted by molar-refractivity contribution is 0.102. The van der Waals surface area contributed by atoms with Crippen LogP contribution < -0.4 is 5.32 Å². The number of aromatic nitrogens is 3. The van der Waals surface area contributed by atoms with Gasteiger partial charge in [-0.25, -0.2) is 9.37 Å². The minimum atomic E-state index is -0.284. The van der Waals surface area contributed by atoms with Crippen LogP contribution in [0.3, 0.4) is 0 Å². The number of pyridine rings is 1. The van der Waals surface area contributed by atoms with Gasteiger partial charge in [-0.05, 0) is 42.0 Å². The molecule has 0 aliphatic rings. The van der Waals surface area contributed by atoms with Gasteiger partial charge in [0.1, 0.15) is 10.8 Å². The van der Waals surface area contributed by atoms with Crippen molar-refractivity contribution in [3.8, 4) is 0 Å². The molecule has 0 radical (unpaired) electrons. The molecule has 2 aromatic heterocycles. The van der Waals surface area contributed by atoms with E-state index in [4.69, 9.17) is 0 Å². The molecule has 0 fully saturated rings. The monoisotopic (exact) mass is 454 g/mol. The van der Waals surface area contributed by atoms with Gasteiger partial charge in [0, 0.05) is 16.8 Å². The summed E-state index contributed by atoms with van der Waals surface area (Å²) < 4.78 is 13.7. The van der Waals surface area contributed by atoms with Crippen LogP contribution in [0.15, 0.2) is 87.2 Å². The highest BCUT2D eigenvalue weighted by molar-refractivity contribution is 8.00. The molecule has 0 aliphatic heterocycles. The van der Waals surface area contributed by atoms with E-state index in [2.05, 4.69) is 20.5 Å². The fourth-order valence-electron chi connectivity index (χ4n) is 2.45. The number of thioether (sulfide) groups is 1. The Balaban J connectivity index is 1.40. The Labute approximate surface area is 185 Å². The number of hydrogen-bond donors (Lipinski definition) is 1. The number of carbonyl (C=O) groups is 1. The summed E-state index contributed by atoms with van der Waals surface area (Å²) >= 11 is 4.21. The Morgan fingerprint density at radius 3 is 2.60 bits per heavy atom. The van der Waals surface area contributed by atoms with Gasteiger partial charge in [-0.2, -0.15) is 0 Å². The highest BCUT2D eigenvalue weighted by atomic mass is 32.2. The van der Waals surface area contributed by atoms with Crippen LogP contribution in [0.25, 0.3) is 0 Å². The van der Waals surface area contributed by atoms with Crippen molar-refractivity contribution in [2.75, 3.05) is 5.32 Å². The van der Waals surface area contributed by atoms with E-state index in [1.165, 1.54) is 47.0 Å². The van der Waals surface area contributed by atoms with E-state index < -0.39 is 0 Å². The first kappa shape index (κ1) is 20.5. The quantitative estimate of drug-likeness (QED) is 0.283. The van der Waals surface area contributed by atoms with Crippen molar-refractivity contribution in [3.63, 3.8) is 0 Å². The molecule has 4 rings (SSSR count). The molecule has 1 N–H and O–H groups in total. The van der Waals surface area contributed by atoms with E-state index >= 15 is 0 Å². The molecular weight excluding hydrogens is 439 g/mol. The minimum absolute atomic E-state index is 0.259. The summed E-state index contributed by atoms with van der Waals surface area (Å²) in [5.41, 5.74) is 1.46. The third-order valence-corrected chi connectivity index (χ3v) is 6.95. The Morgan fingerprint density at radius 2 is 1.80 bits per heavy atom. The van der Waals surface area contributed by atoms with Crippen LogP contribution in [-0.2, 0) is 5.75 Å². The molecule has 150 valence electrons. The average molecular weight is 455 g/mol. The molecule has 2 heterocycles. The molecule has 1 amide bonds. The number of carbonyl (C=O) groups excluding carboxylic acids is 1. The normalized spacial score (nSPS) is 10.7. The lowest BCUT2D eigenvalue weighted by Crippen LogP contribution is -2.13. The van der Waals surface area contributed by atoms with Gasteiger partial charge in [0.05, 0.1) is 5.56 Å². The summed E-state index contributed by atoms with van der Waals surface area (Å²) in [5.74, 6) is 0.0983. The zero-order chi connectivity index (χ0) is 20.8. The van der Waals surface area contributed by atoms with Crippen molar-refractivity contribution in [2.45, 2.75) is 20.0 Å². The van der Waals surface area contributed by atoms with Gasteiger partial charge >= 0.3 is 0 Å². The summed E-state index contributed by atoms with van der Waals surface area (Å²) in [4.78, 5) is 18.1. The van der Waals surface area contributed by atoms with Gasteiger partial charge in [0.15, 0.2) is 4.34 Å². The van der Waals surface area contributed by atoms with Crippen LogP contribution in [0, 0.1) is 5.82 Å². The Hall–Kier alpha value is -2.75. The van der Waals surface area contributed by atoms with Crippen molar-refractivity contribution >= 4 is 45.9 Å². The number of nitrogens with one attached hydrogen (secondary N) is 1. The van der Waals surface area contributed by atoms with E-state index in [-0.39, 0.29) is 11.7 Å². The molecule has 4 aromatic rings. The lowest BCUT2D eigenvalue weighted by atomic mass is 10.2. The molecule has 0 atom stereocenters. The average Bonchev–Trinajstić information content (AvgIpc) is 3.22. The summed E-state index contributed by atoms with van der Waals surface area (Å²) in [5, 5.41) is 12.0. The second-order valence-electron chi connectivity index (χ2n) is 6.01. The number of hydrogen-bond acceptors (Lipinski definition) is 7. The Kier molecular flexibility index (Phi) is 6.73. The predicted molar refractivity (Wildman–Crippen MR) is 119 cm³/mol. The van der Waals surface area contributed by atoms with Crippen LogP contribution in [0.2, 0.25) is 0 Å². The Morgan fingerprint density at radius 1 is 1.00 bits per heavy atom. The number of nitrogens with zero attached hydrogens (tertiary/aromatic N) is 3. The number of benzene rings is 2. The van der Waals surface area contributed by atoms with Gasteiger partial charge in [-0.15, -0.1) is 10.2 Å². The maximum Gasteiger partial charge on any atom is 0.260 e. The summed E-state index contributed by atoms with van der Waals surface area (Å²) in [6, 6.07) is 19.6. The van der Waals surface area contributed by atoms with Crippen molar-refractivity contribution in [1.82, 2.24) is 15.2 Å². The maximum atomic E-state index is 13.0. The molecule has 0 bridgehead atoms. The molecule has 5 nitrogen and oxygen atoms in total.